The molecule has 4 saturated carbocycles. The van der Waals surface area contributed by atoms with Crippen LogP contribution in [-0.2, 0) is 0 Å². The summed E-state index contributed by atoms with van der Waals surface area (Å²) in [5.74, 6) is 10.8. The second-order valence-corrected chi connectivity index (χ2v) is 26.9. The van der Waals surface area contributed by atoms with Crippen molar-refractivity contribution < 1.29 is 28.1 Å². The molecule has 0 atom stereocenters. The van der Waals surface area contributed by atoms with Gasteiger partial charge in [0.05, 0.1) is 38.1 Å². The molecule has 4 aromatic carbocycles. The molecule has 0 radical (unpaired) electrons. The van der Waals surface area contributed by atoms with E-state index in [1.807, 2.05) is 61.5 Å². The maximum absolute atomic E-state index is 13.1. The molecule has 4 bridgehead atoms. The molecule has 4 aromatic rings. The van der Waals surface area contributed by atoms with Crippen molar-refractivity contribution in [3.63, 3.8) is 0 Å². The van der Waals surface area contributed by atoms with E-state index in [0.29, 0.717) is 17.9 Å². The van der Waals surface area contributed by atoms with Gasteiger partial charge in [0, 0.05) is 11.6 Å². The number of nitrogens with zero attached hydrogens (tertiary/aromatic N) is 1. The van der Waals surface area contributed by atoms with Crippen LogP contribution < -0.4 is 18.9 Å². The minimum atomic E-state index is -0.220. The minimum Gasteiger partial charge on any atom is -0.494 e. The van der Waals surface area contributed by atoms with Crippen LogP contribution in [0.15, 0.2) is 91.0 Å². The van der Waals surface area contributed by atoms with Crippen molar-refractivity contribution in [3.05, 3.63) is 119 Å². The number of hydrogen-bond acceptors (Lipinski definition) is 6. The van der Waals surface area contributed by atoms with Crippen LogP contribution >= 0.6 is 0 Å². The molecule has 458 valence electrons. The average Bonchev–Trinajstić information content (AvgIpc) is 2.70. The van der Waals surface area contributed by atoms with Crippen LogP contribution in [-0.4, -0.2) is 32.2 Å². The maximum Gasteiger partial charge on any atom is 0.159 e. The van der Waals surface area contributed by atoms with Crippen LogP contribution in [0.25, 0.3) is 0 Å². The fourth-order valence-corrected chi connectivity index (χ4v) is 12.3. The van der Waals surface area contributed by atoms with Crippen molar-refractivity contribution in [3.8, 4) is 29.1 Å². The van der Waals surface area contributed by atoms with Gasteiger partial charge < -0.3 is 18.9 Å². The number of benzene rings is 4. The van der Waals surface area contributed by atoms with Gasteiger partial charge in [-0.15, -0.1) is 0 Å². The molecule has 0 heterocycles. The van der Waals surface area contributed by atoms with Gasteiger partial charge in [-0.25, -0.2) is 4.39 Å². The molecule has 7 heteroatoms. The third kappa shape index (κ3) is 33.5. The quantitative estimate of drug-likeness (QED) is 0.0369. The summed E-state index contributed by atoms with van der Waals surface area (Å²) in [4.78, 5) is 11.1. The van der Waals surface area contributed by atoms with Crippen LogP contribution in [0.2, 0.25) is 0 Å². The second kappa shape index (κ2) is 41.2. The SMILES string of the molecule is CC(=O)c1ccc(OCCCCCC(C)C)cc1.CC(C)CC12CC3CC(CC(C3)C1)C2.CC(C)CCCCCOc1ccc(C#N)cc1.Cc1cc(F)cc(OCCCCCCC(C)C)c1.Cc1ccc(OCCCCC(C)C)cc1. The van der Waals surface area contributed by atoms with Gasteiger partial charge in [-0.2, -0.15) is 5.26 Å². The third-order valence-corrected chi connectivity index (χ3v) is 16.1. The van der Waals surface area contributed by atoms with E-state index in [4.69, 9.17) is 24.2 Å². The van der Waals surface area contributed by atoms with E-state index >= 15 is 0 Å². The van der Waals surface area contributed by atoms with Crippen LogP contribution in [0.1, 0.15) is 251 Å². The summed E-state index contributed by atoms with van der Waals surface area (Å²) < 4.78 is 35.5. The summed E-state index contributed by atoms with van der Waals surface area (Å²) in [6, 6.07) is 29.8. The molecule has 0 N–H and O–H groups in total. The minimum absolute atomic E-state index is 0.0928. The zero-order valence-electron chi connectivity index (χ0n) is 54.2. The number of rotatable bonds is 31. The van der Waals surface area contributed by atoms with Crippen LogP contribution in [0.4, 0.5) is 4.39 Å². The molecule has 8 rings (SSSR count). The number of hydrogen-bond donors (Lipinski definition) is 0. The van der Waals surface area contributed by atoms with Gasteiger partial charge in [0.25, 0.3) is 0 Å². The molecule has 0 saturated heterocycles. The molecule has 4 fully saturated rings. The number of ether oxygens (including phenoxy) is 4. The van der Waals surface area contributed by atoms with E-state index in [0.717, 1.165) is 127 Å². The zero-order chi connectivity index (χ0) is 60.1. The highest BCUT2D eigenvalue weighted by Crippen LogP contribution is 2.62. The summed E-state index contributed by atoms with van der Waals surface area (Å²) >= 11 is 0. The molecule has 6 nitrogen and oxygen atoms in total. The van der Waals surface area contributed by atoms with E-state index < -0.39 is 0 Å². The number of carbonyl (C=O) groups is 1. The number of nitriles is 1. The van der Waals surface area contributed by atoms with Gasteiger partial charge in [0.2, 0.25) is 0 Å². The lowest BCUT2D eigenvalue weighted by atomic mass is 9.48. The fourth-order valence-electron chi connectivity index (χ4n) is 12.3. The molecule has 4 aliphatic rings. The first kappa shape index (κ1) is 71.4. The number of halogens is 1. The first-order chi connectivity index (χ1) is 39.2. The van der Waals surface area contributed by atoms with Crippen LogP contribution in [0, 0.1) is 83.8 Å². The van der Waals surface area contributed by atoms with Crippen molar-refractivity contribution in [2.24, 2.45) is 52.8 Å². The number of carbonyl (C=O) groups excluding carboxylic acids is 1. The first-order valence-corrected chi connectivity index (χ1v) is 32.7. The Hall–Kier alpha value is -4.83. The lowest BCUT2D eigenvalue weighted by molar-refractivity contribution is -0.0632. The predicted molar refractivity (Wildman–Crippen MR) is 345 cm³/mol. The van der Waals surface area contributed by atoms with Crippen molar-refractivity contribution in [2.45, 2.75) is 238 Å². The lowest BCUT2D eigenvalue weighted by Gasteiger charge is -2.57. The molecule has 0 unspecified atom stereocenters. The summed E-state index contributed by atoms with van der Waals surface area (Å²) in [5, 5.41) is 8.66. The Morgan fingerprint density at radius 1 is 0.476 bits per heavy atom. The lowest BCUT2D eigenvalue weighted by Crippen LogP contribution is -2.46. The van der Waals surface area contributed by atoms with E-state index in [-0.39, 0.29) is 11.6 Å². The molecule has 82 heavy (non-hydrogen) atoms. The molecule has 0 spiro atoms. The molecule has 0 aromatic heterocycles. The van der Waals surface area contributed by atoms with Gasteiger partial charge >= 0.3 is 0 Å². The van der Waals surface area contributed by atoms with Crippen molar-refractivity contribution in [2.75, 3.05) is 26.4 Å². The summed E-state index contributed by atoms with van der Waals surface area (Å²) in [6.45, 7) is 31.5. The number of aryl methyl sites for hydroxylation is 2. The predicted octanol–water partition coefficient (Wildman–Crippen LogP) is 22.2. The highest BCUT2D eigenvalue weighted by Gasteiger charge is 2.50. The Labute approximate surface area is 501 Å². The second-order valence-electron chi connectivity index (χ2n) is 26.9. The Bertz CT molecular complexity index is 2230. The summed E-state index contributed by atoms with van der Waals surface area (Å²) in [5.41, 5.74) is 4.42. The smallest absolute Gasteiger partial charge is 0.159 e. The Balaban J connectivity index is 0.000000269. The largest absolute Gasteiger partial charge is 0.494 e. The highest BCUT2D eigenvalue weighted by molar-refractivity contribution is 5.94. The van der Waals surface area contributed by atoms with E-state index in [1.54, 1.807) is 57.6 Å². The monoisotopic (exact) mass is 1130 g/mol. The fraction of sp³-hybridized carbons (Fsp3) is 0.653. The van der Waals surface area contributed by atoms with Gasteiger partial charge in [-0.05, 0) is 229 Å². The summed E-state index contributed by atoms with van der Waals surface area (Å²) in [6.07, 6.45) is 30.8. The number of Topliss-reactive ketones (excluding diaryl/α,β-unsaturated/α-hetero) is 1. The first-order valence-electron chi connectivity index (χ1n) is 32.7. The van der Waals surface area contributed by atoms with Crippen LogP contribution in [0.3, 0.4) is 0 Å². The van der Waals surface area contributed by atoms with Gasteiger partial charge in [-0.1, -0.05) is 158 Å². The highest BCUT2D eigenvalue weighted by atomic mass is 19.1. The normalized spacial score (nSPS) is 17.4. The Morgan fingerprint density at radius 2 is 0.829 bits per heavy atom. The number of ketones is 1. The molecule has 0 aliphatic heterocycles. The zero-order valence-corrected chi connectivity index (χ0v) is 54.2. The molecular weight excluding hydrogens is 1010 g/mol. The maximum atomic E-state index is 13.1. The Kier molecular flexibility index (Phi) is 35.9. The van der Waals surface area contributed by atoms with Gasteiger partial charge in [0.15, 0.2) is 5.78 Å². The standard InChI is InChI=1S/C16H25FO.C16H24O2.C15H21NO.C14H22O.C14H24/c1-13(2)8-6-4-5-7-9-18-16-11-14(3)10-15(17)12-16;1-13(2)7-5-4-6-12-18-16-10-8-15(9-11-16)14(3)17;1-13(2)6-4-3-5-11-17-15-9-7-14(12-16)8-10-15;1-12(2)6-4-5-11-15-14-9-7-13(3)8-10-14;1-10(2)6-14-7-11-3-12(8-14)5-13(4-11)9-14/h10-13H,4-9H2,1-3H3;8-11,13H,4-7,12H2,1-3H3;7-10,13H,3-6,11H2,1-2H3;7-10,12H,4-6,11H2,1-3H3;10-13H,3-9H2,1-2H3. The van der Waals surface area contributed by atoms with Crippen molar-refractivity contribution in [1.82, 2.24) is 0 Å². The molecule has 0 amide bonds. The van der Waals surface area contributed by atoms with Gasteiger partial charge in [0.1, 0.15) is 28.8 Å². The summed E-state index contributed by atoms with van der Waals surface area (Å²) in [7, 11) is 0. The molecule has 4 aliphatic carbocycles. The van der Waals surface area contributed by atoms with E-state index in [9.17, 15) is 9.18 Å². The third-order valence-electron chi connectivity index (χ3n) is 16.1. The van der Waals surface area contributed by atoms with Crippen molar-refractivity contribution >= 4 is 5.78 Å². The van der Waals surface area contributed by atoms with Crippen molar-refractivity contribution in [1.29, 1.82) is 5.26 Å². The average molecular weight is 1130 g/mol. The Morgan fingerprint density at radius 3 is 1.21 bits per heavy atom. The van der Waals surface area contributed by atoms with E-state index in [2.05, 4.69) is 94.4 Å². The topological polar surface area (TPSA) is 77.8 Å². The number of unbranched alkanes of at least 4 members (excludes halogenated alkanes) is 8. The van der Waals surface area contributed by atoms with Gasteiger partial charge in [-0.3, -0.25) is 4.79 Å². The van der Waals surface area contributed by atoms with Crippen LogP contribution in [0.5, 0.6) is 23.0 Å². The molecular formula is C75H116FNO5. The van der Waals surface area contributed by atoms with E-state index in [1.165, 1.54) is 101 Å².